The average molecular weight is 247 g/mol. The summed E-state index contributed by atoms with van der Waals surface area (Å²) in [5, 5.41) is 9.80. The summed E-state index contributed by atoms with van der Waals surface area (Å²) in [6, 6.07) is 8.47. The Morgan fingerprint density at radius 2 is 1.56 bits per heavy atom. The lowest BCUT2D eigenvalue weighted by molar-refractivity contribution is 0.173. The molecule has 1 unspecified atom stereocenters. The summed E-state index contributed by atoms with van der Waals surface area (Å²) in [5.74, 6) is 0. The molecule has 2 heteroatoms. The molecule has 1 N–H and O–H groups in total. The lowest BCUT2D eigenvalue weighted by atomic mass is 10.1. The normalized spacial score (nSPS) is 19.1. The summed E-state index contributed by atoms with van der Waals surface area (Å²) in [6.07, 6.45) is 7.20. The Balaban J connectivity index is 2.02. The lowest BCUT2D eigenvalue weighted by Gasteiger charge is -2.27. The zero-order valence-corrected chi connectivity index (χ0v) is 11.4. The second kappa shape index (κ2) is 6.79. The highest BCUT2D eigenvalue weighted by molar-refractivity contribution is 5.47. The first-order valence-electron chi connectivity index (χ1n) is 7.34. The number of hydrogen-bond acceptors (Lipinski definition) is 2. The molecule has 1 aromatic carbocycles. The largest absolute Gasteiger partial charge is 0.388 e. The van der Waals surface area contributed by atoms with Crippen molar-refractivity contribution in [2.24, 2.45) is 0 Å². The van der Waals surface area contributed by atoms with Crippen molar-refractivity contribution in [2.45, 2.75) is 51.6 Å². The highest BCUT2D eigenvalue weighted by Crippen LogP contribution is 2.23. The maximum atomic E-state index is 9.80. The summed E-state index contributed by atoms with van der Waals surface area (Å²) >= 11 is 0. The van der Waals surface area contributed by atoms with Crippen molar-refractivity contribution in [3.63, 3.8) is 0 Å². The van der Waals surface area contributed by atoms with Gasteiger partial charge in [0, 0.05) is 18.8 Å². The third kappa shape index (κ3) is 3.49. The molecule has 1 atom stereocenters. The Hall–Kier alpha value is -1.02. The zero-order chi connectivity index (χ0) is 12.8. The van der Waals surface area contributed by atoms with Gasteiger partial charge >= 0.3 is 0 Å². The van der Waals surface area contributed by atoms with Crippen molar-refractivity contribution in [2.75, 3.05) is 18.0 Å². The molecule has 0 bridgehead atoms. The van der Waals surface area contributed by atoms with Crippen LogP contribution in [0.2, 0.25) is 0 Å². The number of nitrogens with zero attached hydrogens (tertiary/aromatic N) is 1. The molecular weight excluding hydrogens is 222 g/mol. The maximum Gasteiger partial charge on any atom is 0.0787 e. The van der Waals surface area contributed by atoms with Crippen LogP contribution in [0.3, 0.4) is 0 Å². The molecule has 0 radical (unpaired) electrons. The minimum Gasteiger partial charge on any atom is -0.388 e. The number of benzene rings is 1. The molecule has 18 heavy (non-hydrogen) atoms. The molecule has 0 saturated carbocycles. The predicted molar refractivity (Wildman–Crippen MR) is 77.0 cm³/mol. The van der Waals surface area contributed by atoms with Gasteiger partial charge in [0.05, 0.1) is 6.10 Å². The van der Waals surface area contributed by atoms with E-state index in [0.29, 0.717) is 0 Å². The van der Waals surface area contributed by atoms with E-state index < -0.39 is 0 Å². The molecule has 0 amide bonds. The van der Waals surface area contributed by atoms with Gasteiger partial charge in [-0.3, -0.25) is 0 Å². The van der Waals surface area contributed by atoms with Crippen LogP contribution in [0.25, 0.3) is 0 Å². The number of anilines is 1. The molecule has 1 fully saturated rings. The van der Waals surface area contributed by atoms with Gasteiger partial charge in [0.2, 0.25) is 0 Å². The average Bonchev–Trinajstić information content (AvgIpc) is 2.38. The first-order chi connectivity index (χ1) is 8.81. The van der Waals surface area contributed by atoms with Crippen molar-refractivity contribution in [3.8, 4) is 0 Å². The highest BCUT2D eigenvalue weighted by Gasteiger charge is 2.10. The van der Waals surface area contributed by atoms with Gasteiger partial charge in [-0.25, -0.2) is 0 Å². The van der Waals surface area contributed by atoms with E-state index in [2.05, 4.69) is 29.2 Å². The Bertz CT molecular complexity index is 339. The van der Waals surface area contributed by atoms with Gasteiger partial charge < -0.3 is 10.0 Å². The van der Waals surface area contributed by atoms with Crippen LogP contribution in [0.15, 0.2) is 24.3 Å². The van der Waals surface area contributed by atoms with E-state index in [-0.39, 0.29) is 6.10 Å². The molecule has 1 aliphatic rings. The van der Waals surface area contributed by atoms with Gasteiger partial charge in [-0.2, -0.15) is 0 Å². The van der Waals surface area contributed by atoms with Crippen LogP contribution in [0.5, 0.6) is 0 Å². The molecule has 1 saturated heterocycles. The van der Waals surface area contributed by atoms with Crippen molar-refractivity contribution in [3.05, 3.63) is 29.8 Å². The highest BCUT2D eigenvalue weighted by atomic mass is 16.3. The number of rotatable bonds is 3. The van der Waals surface area contributed by atoms with Crippen LogP contribution < -0.4 is 4.90 Å². The van der Waals surface area contributed by atoms with E-state index in [4.69, 9.17) is 0 Å². The third-order valence-electron chi connectivity index (χ3n) is 3.89. The van der Waals surface area contributed by atoms with Gasteiger partial charge in [0.15, 0.2) is 0 Å². The van der Waals surface area contributed by atoms with Crippen LogP contribution in [0.1, 0.15) is 57.1 Å². The zero-order valence-electron chi connectivity index (χ0n) is 11.4. The Morgan fingerprint density at radius 1 is 1.00 bits per heavy atom. The molecule has 1 heterocycles. The molecule has 1 aromatic rings. The fourth-order valence-corrected chi connectivity index (χ4v) is 2.65. The molecular formula is C16H25NO. The fourth-order valence-electron chi connectivity index (χ4n) is 2.65. The number of aliphatic hydroxyl groups excluding tert-OH is 1. The maximum absolute atomic E-state index is 9.80. The quantitative estimate of drug-likeness (QED) is 0.875. The second-order valence-electron chi connectivity index (χ2n) is 5.27. The van der Waals surface area contributed by atoms with E-state index in [0.717, 1.165) is 12.0 Å². The third-order valence-corrected chi connectivity index (χ3v) is 3.89. The Labute approximate surface area is 111 Å². The van der Waals surface area contributed by atoms with Crippen LogP contribution >= 0.6 is 0 Å². The summed E-state index contributed by atoms with van der Waals surface area (Å²) in [5.41, 5.74) is 2.34. The van der Waals surface area contributed by atoms with Gasteiger partial charge in [0.25, 0.3) is 0 Å². The Kier molecular flexibility index (Phi) is 5.06. The van der Waals surface area contributed by atoms with Crippen LogP contribution in [0, 0.1) is 0 Å². The van der Waals surface area contributed by atoms with E-state index in [9.17, 15) is 5.11 Å². The smallest absolute Gasteiger partial charge is 0.0787 e. The lowest BCUT2D eigenvalue weighted by Crippen LogP contribution is -2.26. The standard InChI is InChI=1S/C16H25NO/c1-2-16(18)14-8-10-15(11-9-14)17-12-6-4-3-5-7-13-17/h8-11,16,18H,2-7,12-13H2,1H3. The fraction of sp³-hybridized carbons (Fsp3) is 0.625. The Morgan fingerprint density at radius 3 is 2.11 bits per heavy atom. The first kappa shape index (κ1) is 13.4. The van der Waals surface area contributed by atoms with E-state index in [1.165, 1.54) is 50.9 Å². The minimum atomic E-state index is -0.314. The molecule has 2 nitrogen and oxygen atoms in total. The van der Waals surface area contributed by atoms with Gasteiger partial charge in [-0.15, -0.1) is 0 Å². The second-order valence-corrected chi connectivity index (χ2v) is 5.27. The molecule has 100 valence electrons. The number of hydrogen-bond donors (Lipinski definition) is 1. The van der Waals surface area contributed by atoms with E-state index in [1.54, 1.807) is 0 Å². The van der Waals surface area contributed by atoms with Crippen molar-refractivity contribution >= 4 is 5.69 Å². The van der Waals surface area contributed by atoms with Gasteiger partial charge in [-0.05, 0) is 37.0 Å². The van der Waals surface area contributed by atoms with Crippen molar-refractivity contribution in [1.29, 1.82) is 0 Å². The van der Waals surface area contributed by atoms with Crippen LogP contribution in [0.4, 0.5) is 5.69 Å². The molecule has 0 aliphatic carbocycles. The van der Waals surface area contributed by atoms with Crippen molar-refractivity contribution in [1.82, 2.24) is 0 Å². The predicted octanol–water partition coefficient (Wildman–Crippen LogP) is 3.90. The van der Waals surface area contributed by atoms with Crippen molar-refractivity contribution < 1.29 is 5.11 Å². The SMILES string of the molecule is CCC(O)c1ccc(N2CCCCCCC2)cc1. The van der Waals surface area contributed by atoms with E-state index in [1.807, 2.05) is 6.92 Å². The summed E-state index contributed by atoms with van der Waals surface area (Å²) in [7, 11) is 0. The van der Waals surface area contributed by atoms with Crippen LogP contribution in [-0.4, -0.2) is 18.2 Å². The molecule has 2 rings (SSSR count). The van der Waals surface area contributed by atoms with Crippen LogP contribution in [-0.2, 0) is 0 Å². The summed E-state index contributed by atoms with van der Waals surface area (Å²) < 4.78 is 0. The summed E-state index contributed by atoms with van der Waals surface area (Å²) in [6.45, 7) is 4.36. The summed E-state index contributed by atoms with van der Waals surface area (Å²) in [4.78, 5) is 2.49. The molecule has 0 spiro atoms. The van der Waals surface area contributed by atoms with Gasteiger partial charge in [-0.1, -0.05) is 38.3 Å². The molecule has 0 aromatic heterocycles. The minimum absolute atomic E-state index is 0.314. The number of aliphatic hydroxyl groups is 1. The first-order valence-corrected chi connectivity index (χ1v) is 7.34. The van der Waals surface area contributed by atoms with Gasteiger partial charge in [0.1, 0.15) is 0 Å². The monoisotopic (exact) mass is 247 g/mol. The van der Waals surface area contributed by atoms with E-state index >= 15 is 0 Å². The molecule has 1 aliphatic heterocycles. The topological polar surface area (TPSA) is 23.5 Å².